The van der Waals surface area contributed by atoms with Crippen LogP contribution in [0.1, 0.15) is 52.9 Å². The second-order valence-corrected chi connectivity index (χ2v) is 12.0. The first-order valence-electron chi connectivity index (χ1n) is 12.9. The summed E-state index contributed by atoms with van der Waals surface area (Å²) in [6.07, 6.45) is -1.63. The summed E-state index contributed by atoms with van der Waals surface area (Å²) in [7, 11) is 0. The number of carbonyl (C=O) groups is 4. The van der Waals surface area contributed by atoms with Gasteiger partial charge in [-0.25, -0.2) is 0 Å². The summed E-state index contributed by atoms with van der Waals surface area (Å²) >= 11 is 0. The number of hydrogen-bond donors (Lipinski definition) is 3. The number of hydrogen-bond acceptors (Lipinski definition) is 5. The number of likely N-dealkylation sites (tertiary alicyclic amines) is 1. The topological polar surface area (TPSA) is 131 Å². The van der Waals surface area contributed by atoms with Gasteiger partial charge in [-0.15, -0.1) is 0 Å². The van der Waals surface area contributed by atoms with Crippen molar-refractivity contribution in [3.05, 3.63) is 0 Å². The van der Waals surface area contributed by atoms with E-state index in [2.05, 4.69) is 10.6 Å². The Balaban J connectivity index is 1.58. The molecular formula is C25H34F3N5O4. The number of nitriles is 1. The molecule has 12 heteroatoms. The number of rotatable bonds is 6. The fourth-order valence-corrected chi connectivity index (χ4v) is 6.89. The van der Waals surface area contributed by atoms with E-state index < -0.39 is 53.4 Å². The van der Waals surface area contributed by atoms with Crippen LogP contribution in [0.5, 0.6) is 0 Å². The van der Waals surface area contributed by atoms with E-state index in [0.29, 0.717) is 18.9 Å². The van der Waals surface area contributed by atoms with Gasteiger partial charge in [0.25, 0.3) is 0 Å². The molecule has 2 saturated heterocycles. The maximum atomic E-state index is 13.8. The van der Waals surface area contributed by atoms with Gasteiger partial charge in [0.15, 0.2) is 0 Å². The molecule has 37 heavy (non-hydrogen) atoms. The van der Waals surface area contributed by atoms with Crippen molar-refractivity contribution in [3.8, 4) is 6.07 Å². The fraction of sp³-hybridized carbons (Fsp3) is 0.800. The molecule has 0 unspecified atom stereocenters. The van der Waals surface area contributed by atoms with E-state index >= 15 is 0 Å². The Hall–Kier alpha value is -2.84. The third kappa shape index (κ3) is 5.27. The minimum atomic E-state index is -5.16. The summed E-state index contributed by atoms with van der Waals surface area (Å²) in [4.78, 5) is 52.5. The van der Waals surface area contributed by atoms with Gasteiger partial charge in [0.05, 0.1) is 6.07 Å². The first-order valence-corrected chi connectivity index (χ1v) is 12.9. The number of nitrogens with zero attached hydrogens (tertiary/aromatic N) is 2. The Kier molecular flexibility index (Phi) is 7.20. The Morgan fingerprint density at radius 1 is 1.14 bits per heavy atom. The summed E-state index contributed by atoms with van der Waals surface area (Å²) in [6.45, 7) is 5.39. The molecule has 0 radical (unpaired) electrons. The molecular weight excluding hydrogens is 491 g/mol. The number of carbonyl (C=O) groups excluding carboxylic acids is 4. The monoisotopic (exact) mass is 525 g/mol. The highest BCUT2D eigenvalue weighted by atomic mass is 19.4. The van der Waals surface area contributed by atoms with Gasteiger partial charge in [0.1, 0.15) is 18.1 Å². The van der Waals surface area contributed by atoms with Gasteiger partial charge in [-0.1, -0.05) is 20.8 Å². The molecule has 2 bridgehead atoms. The standard InChI is InChI=1S/C25H34F3N5O4/c1-24(2,3)19(32-23(37)25(26,27)28)22(36)33-11-16-12-4-5-13(8-12)17(16)18(33)21(35)31-15(10-29)9-14-6-7-30-20(14)34/h12-19H,4-9,11H2,1-3H3,(H,30,34)(H,31,35)(H,32,37)/t12-,13+,14+,15+,16-,17+,18+,19-/m1/s1. The van der Waals surface area contributed by atoms with Gasteiger partial charge in [0.2, 0.25) is 17.7 Å². The summed E-state index contributed by atoms with van der Waals surface area (Å²) in [5, 5.41) is 16.9. The lowest BCUT2D eigenvalue weighted by molar-refractivity contribution is -0.176. The molecule has 4 aliphatic rings. The zero-order chi connectivity index (χ0) is 27.3. The van der Waals surface area contributed by atoms with Crippen LogP contribution in [0.3, 0.4) is 0 Å². The minimum Gasteiger partial charge on any atom is -0.356 e. The summed E-state index contributed by atoms with van der Waals surface area (Å²) in [6, 6.07) is -1.36. The first kappa shape index (κ1) is 27.2. The highest BCUT2D eigenvalue weighted by molar-refractivity contribution is 5.94. The van der Waals surface area contributed by atoms with Crippen LogP contribution in [0, 0.1) is 46.3 Å². The molecule has 4 fully saturated rings. The average Bonchev–Trinajstić information content (AvgIpc) is 3.57. The van der Waals surface area contributed by atoms with Crippen LogP contribution >= 0.6 is 0 Å². The van der Waals surface area contributed by atoms with E-state index in [1.807, 2.05) is 11.4 Å². The van der Waals surface area contributed by atoms with Crippen LogP contribution in [-0.2, 0) is 19.2 Å². The van der Waals surface area contributed by atoms with Crippen molar-refractivity contribution in [2.24, 2.45) is 35.0 Å². The largest absolute Gasteiger partial charge is 0.471 e. The van der Waals surface area contributed by atoms with E-state index in [-0.39, 0.29) is 36.6 Å². The van der Waals surface area contributed by atoms with Gasteiger partial charge >= 0.3 is 12.1 Å². The Labute approximate surface area is 213 Å². The van der Waals surface area contributed by atoms with Crippen LogP contribution in [0.25, 0.3) is 0 Å². The minimum absolute atomic E-state index is 0.0403. The van der Waals surface area contributed by atoms with Gasteiger partial charge in [-0.05, 0) is 61.2 Å². The molecule has 4 amide bonds. The lowest BCUT2D eigenvalue weighted by Gasteiger charge is -2.37. The molecule has 4 rings (SSSR count). The van der Waals surface area contributed by atoms with Crippen molar-refractivity contribution in [1.29, 1.82) is 5.26 Å². The lowest BCUT2D eigenvalue weighted by atomic mass is 9.78. The summed E-state index contributed by atoms with van der Waals surface area (Å²) in [5.74, 6) is -3.62. The molecule has 3 N–H and O–H groups in total. The molecule has 2 saturated carbocycles. The van der Waals surface area contributed by atoms with Gasteiger partial charge in [0, 0.05) is 19.0 Å². The quantitative estimate of drug-likeness (QED) is 0.484. The molecule has 0 aromatic heterocycles. The maximum absolute atomic E-state index is 13.8. The number of alkyl halides is 3. The molecule has 2 aliphatic heterocycles. The Morgan fingerprint density at radius 2 is 1.81 bits per heavy atom. The van der Waals surface area contributed by atoms with Crippen molar-refractivity contribution in [3.63, 3.8) is 0 Å². The van der Waals surface area contributed by atoms with E-state index in [0.717, 1.165) is 19.3 Å². The zero-order valence-corrected chi connectivity index (χ0v) is 21.2. The third-order valence-electron chi connectivity index (χ3n) is 8.62. The number of halogens is 3. The maximum Gasteiger partial charge on any atom is 0.471 e. The molecule has 204 valence electrons. The van der Waals surface area contributed by atoms with Crippen molar-refractivity contribution >= 4 is 23.6 Å². The van der Waals surface area contributed by atoms with Crippen molar-refractivity contribution in [2.75, 3.05) is 13.1 Å². The average molecular weight is 526 g/mol. The van der Waals surface area contributed by atoms with Crippen molar-refractivity contribution in [1.82, 2.24) is 20.9 Å². The van der Waals surface area contributed by atoms with Crippen LogP contribution < -0.4 is 16.0 Å². The predicted octanol–water partition coefficient (Wildman–Crippen LogP) is 1.49. The van der Waals surface area contributed by atoms with E-state index in [1.165, 1.54) is 4.90 Å². The van der Waals surface area contributed by atoms with E-state index in [4.69, 9.17) is 0 Å². The molecule has 0 spiro atoms. The number of amides is 4. The van der Waals surface area contributed by atoms with Gasteiger partial charge in [-0.3, -0.25) is 19.2 Å². The van der Waals surface area contributed by atoms with E-state index in [9.17, 15) is 37.6 Å². The van der Waals surface area contributed by atoms with E-state index in [1.54, 1.807) is 20.8 Å². The lowest BCUT2D eigenvalue weighted by Crippen LogP contribution is -2.60. The smallest absolute Gasteiger partial charge is 0.356 e. The van der Waals surface area contributed by atoms with Crippen molar-refractivity contribution < 1.29 is 32.3 Å². The SMILES string of the molecule is CC(C)(C)[C@H](NC(=O)C(F)(F)F)C(=O)N1C[C@@H]2[C@@H]3CC[C@@H](C3)[C@@H]2[C@H]1C(=O)N[C@H](C#N)C[C@@H]1CCNC1=O. The Morgan fingerprint density at radius 3 is 2.38 bits per heavy atom. The zero-order valence-electron chi connectivity index (χ0n) is 21.2. The molecule has 2 heterocycles. The van der Waals surface area contributed by atoms with Crippen LogP contribution in [0.4, 0.5) is 13.2 Å². The molecule has 0 aromatic rings. The molecule has 9 nitrogen and oxygen atoms in total. The van der Waals surface area contributed by atoms with Gasteiger partial charge < -0.3 is 20.9 Å². The van der Waals surface area contributed by atoms with Crippen LogP contribution in [0.15, 0.2) is 0 Å². The normalized spacial score (nSPS) is 32.4. The highest BCUT2D eigenvalue weighted by Crippen LogP contribution is 2.57. The molecule has 0 aromatic carbocycles. The summed E-state index contributed by atoms with van der Waals surface area (Å²) < 4.78 is 39.2. The van der Waals surface area contributed by atoms with Crippen LogP contribution in [0.2, 0.25) is 0 Å². The summed E-state index contributed by atoms with van der Waals surface area (Å²) in [5.41, 5.74) is -1.05. The predicted molar refractivity (Wildman–Crippen MR) is 124 cm³/mol. The highest BCUT2D eigenvalue weighted by Gasteiger charge is 2.60. The second-order valence-electron chi connectivity index (χ2n) is 12.0. The van der Waals surface area contributed by atoms with Crippen LogP contribution in [-0.4, -0.2) is 65.9 Å². The number of fused-ring (bicyclic) bond motifs is 5. The Bertz CT molecular complexity index is 1000. The first-order chi connectivity index (χ1) is 17.2. The molecule has 2 aliphatic carbocycles. The van der Waals surface area contributed by atoms with Gasteiger partial charge in [-0.2, -0.15) is 18.4 Å². The fourth-order valence-electron chi connectivity index (χ4n) is 6.89. The third-order valence-corrected chi connectivity index (χ3v) is 8.62. The molecule has 8 atom stereocenters. The van der Waals surface area contributed by atoms with Crippen molar-refractivity contribution in [2.45, 2.75) is 77.2 Å². The second kappa shape index (κ2) is 9.80. The number of nitrogens with one attached hydrogen (secondary N) is 3.